The summed E-state index contributed by atoms with van der Waals surface area (Å²) in [7, 11) is 1.58. The Morgan fingerprint density at radius 2 is 2.08 bits per heavy atom. The molecule has 1 atom stereocenters. The standard InChI is InChI=1S/C19H27ClN2O3/c1-24-18-14-15(20)5-6-17(18)19(23)22-8-3-2-4-16(22)7-9-21-10-12-25-13-11-21/h5-6,14,16H,2-4,7-13H2,1H3/t16-/m1/s1. The van der Waals surface area contributed by atoms with E-state index in [0.29, 0.717) is 22.4 Å². The third-order valence-corrected chi connectivity index (χ3v) is 5.40. The number of rotatable bonds is 5. The molecule has 2 heterocycles. The maximum Gasteiger partial charge on any atom is 0.257 e. The Morgan fingerprint density at radius 3 is 2.84 bits per heavy atom. The quantitative estimate of drug-likeness (QED) is 0.803. The molecule has 2 saturated heterocycles. The summed E-state index contributed by atoms with van der Waals surface area (Å²) in [5, 5.41) is 0.580. The molecule has 0 saturated carbocycles. The fourth-order valence-corrected chi connectivity index (χ4v) is 3.88. The van der Waals surface area contributed by atoms with Crippen LogP contribution in [0.1, 0.15) is 36.0 Å². The molecule has 0 bridgehead atoms. The van der Waals surface area contributed by atoms with Crippen LogP contribution in [0.3, 0.4) is 0 Å². The molecule has 0 aromatic heterocycles. The van der Waals surface area contributed by atoms with Crippen LogP contribution in [0, 0.1) is 0 Å². The lowest BCUT2D eigenvalue weighted by Crippen LogP contribution is -2.46. The van der Waals surface area contributed by atoms with Gasteiger partial charge in [0.1, 0.15) is 5.75 Å². The van der Waals surface area contributed by atoms with E-state index in [2.05, 4.69) is 4.90 Å². The Labute approximate surface area is 154 Å². The van der Waals surface area contributed by atoms with Gasteiger partial charge in [0.05, 0.1) is 25.9 Å². The molecule has 1 aromatic rings. The van der Waals surface area contributed by atoms with Gasteiger partial charge in [-0.25, -0.2) is 0 Å². The van der Waals surface area contributed by atoms with E-state index in [1.807, 2.05) is 4.90 Å². The molecule has 1 aromatic carbocycles. The number of nitrogens with zero attached hydrogens (tertiary/aromatic N) is 2. The zero-order valence-corrected chi connectivity index (χ0v) is 15.6. The molecule has 2 fully saturated rings. The van der Waals surface area contributed by atoms with Crippen molar-refractivity contribution in [3.05, 3.63) is 28.8 Å². The molecular weight excluding hydrogens is 340 g/mol. The van der Waals surface area contributed by atoms with Gasteiger partial charge in [0.15, 0.2) is 0 Å². The van der Waals surface area contributed by atoms with Crippen LogP contribution in [0.5, 0.6) is 5.75 Å². The number of carbonyl (C=O) groups excluding carboxylic acids is 1. The number of hydrogen-bond acceptors (Lipinski definition) is 4. The summed E-state index contributed by atoms with van der Waals surface area (Å²) in [6, 6.07) is 5.53. The Bertz CT molecular complexity index is 590. The lowest BCUT2D eigenvalue weighted by molar-refractivity contribution is 0.0295. The number of carbonyl (C=O) groups is 1. The van der Waals surface area contributed by atoms with E-state index in [4.69, 9.17) is 21.1 Å². The monoisotopic (exact) mass is 366 g/mol. The molecular formula is C19H27ClN2O3. The van der Waals surface area contributed by atoms with E-state index in [1.165, 1.54) is 6.42 Å². The molecule has 25 heavy (non-hydrogen) atoms. The maximum atomic E-state index is 13.1. The molecule has 0 aliphatic carbocycles. The van der Waals surface area contributed by atoms with Crippen LogP contribution < -0.4 is 4.74 Å². The van der Waals surface area contributed by atoms with Crippen molar-refractivity contribution in [2.75, 3.05) is 46.5 Å². The van der Waals surface area contributed by atoms with Crippen molar-refractivity contribution < 1.29 is 14.3 Å². The predicted molar refractivity (Wildman–Crippen MR) is 98.6 cm³/mol. The van der Waals surface area contributed by atoms with Gasteiger partial charge in [-0.3, -0.25) is 9.69 Å². The van der Waals surface area contributed by atoms with Gasteiger partial charge in [-0.1, -0.05) is 11.6 Å². The van der Waals surface area contributed by atoms with Crippen molar-refractivity contribution in [3.63, 3.8) is 0 Å². The minimum atomic E-state index is 0.0557. The van der Waals surface area contributed by atoms with Crippen molar-refractivity contribution in [1.82, 2.24) is 9.80 Å². The number of halogens is 1. The SMILES string of the molecule is COc1cc(Cl)ccc1C(=O)N1CCCC[C@@H]1CCN1CCOCC1. The van der Waals surface area contributed by atoms with E-state index in [9.17, 15) is 4.79 Å². The molecule has 2 aliphatic rings. The van der Waals surface area contributed by atoms with E-state index in [1.54, 1.807) is 25.3 Å². The number of likely N-dealkylation sites (tertiary alicyclic amines) is 1. The van der Waals surface area contributed by atoms with Gasteiger partial charge in [-0.2, -0.15) is 0 Å². The lowest BCUT2D eigenvalue weighted by atomic mass is 9.97. The second-order valence-corrected chi connectivity index (χ2v) is 7.17. The van der Waals surface area contributed by atoms with Crippen molar-refractivity contribution in [1.29, 1.82) is 0 Å². The normalized spacial score (nSPS) is 22.0. The van der Waals surface area contributed by atoms with Crippen molar-refractivity contribution in [2.24, 2.45) is 0 Å². The molecule has 0 spiro atoms. The summed E-state index contributed by atoms with van der Waals surface area (Å²) in [5.41, 5.74) is 0.602. The number of morpholine rings is 1. The zero-order valence-electron chi connectivity index (χ0n) is 14.9. The van der Waals surface area contributed by atoms with Gasteiger partial charge in [0.2, 0.25) is 0 Å². The maximum absolute atomic E-state index is 13.1. The first-order valence-electron chi connectivity index (χ1n) is 9.13. The summed E-state index contributed by atoms with van der Waals surface area (Å²) in [6.45, 7) is 5.45. The Hall–Kier alpha value is -1.30. The summed E-state index contributed by atoms with van der Waals surface area (Å²) >= 11 is 6.03. The first-order chi connectivity index (χ1) is 12.2. The highest BCUT2D eigenvalue weighted by molar-refractivity contribution is 6.30. The van der Waals surface area contributed by atoms with Crippen LogP contribution in [0.25, 0.3) is 0 Å². The van der Waals surface area contributed by atoms with E-state index in [0.717, 1.165) is 58.7 Å². The van der Waals surface area contributed by atoms with E-state index < -0.39 is 0 Å². The average molecular weight is 367 g/mol. The van der Waals surface area contributed by atoms with Gasteiger partial charge >= 0.3 is 0 Å². The highest BCUT2D eigenvalue weighted by atomic mass is 35.5. The molecule has 138 valence electrons. The Balaban J connectivity index is 1.68. The second-order valence-electron chi connectivity index (χ2n) is 6.74. The van der Waals surface area contributed by atoms with E-state index in [-0.39, 0.29) is 5.91 Å². The van der Waals surface area contributed by atoms with E-state index >= 15 is 0 Å². The fraction of sp³-hybridized carbons (Fsp3) is 0.632. The molecule has 3 rings (SSSR count). The minimum Gasteiger partial charge on any atom is -0.496 e. The topological polar surface area (TPSA) is 42.0 Å². The van der Waals surface area contributed by atoms with Gasteiger partial charge in [-0.15, -0.1) is 0 Å². The number of piperidine rings is 1. The van der Waals surface area contributed by atoms with Gasteiger partial charge in [0, 0.05) is 37.2 Å². The molecule has 2 aliphatic heterocycles. The van der Waals surface area contributed by atoms with Crippen molar-refractivity contribution >= 4 is 17.5 Å². The van der Waals surface area contributed by atoms with Crippen molar-refractivity contribution in [3.8, 4) is 5.75 Å². The molecule has 0 radical (unpaired) electrons. The highest BCUT2D eigenvalue weighted by Crippen LogP contribution is 2.28. The van der Waals surface area contributed by atoms with Crippen LogP contribution in [0.2, 0.25) is 5.02 Å². The summed E-state index contributed by atoms with van der Waals surface area (Å²) < 4.78 is 10.8. The third-order valence-electron chi connectivity index (χ3n) is 5.16. The number of benzene rings is 1. The molecule has 5 nitrogen and oxygen atoms in total. The number of hydrogen-bond donors (Lipinski definition) is 0. The first-order valence-corrected chi connectivity index (χ1v) is 9.51. The van der Waals surface area contributed by atoms with Gasteiger partial charge in [0.25, 0.3) is 5.91 Å². The third kappa shape index (κ3) is 4.66. The largest absolute Gasteiger partial charge is 0.496 e. The Morgan fingerprint density at radius 1 is 1.28 bits per heavy atom. The van der Waals surface area contributed by atoms with Crippen molar-refractivity contribution in [2.45, 2.75) is 31.7 Å². The minimum absolute atomic E-state index is 0.0557. The Kier molecular flexibility index (Phi) is 6.57. The molecule has 1 amide bonds. The summed E-state index contributed by atoms with van der Waals surface area (Å²) in [6.07, 6.45) is 4.35. The summed E-state index contributed by atoms with van der Waals surface area (Å²) in [4.78, 5) is 17.6. The summed E-state index contributed by atoms with van der Waals surface area (Å²) in [5.74, 6) is 0.607. The smallest absolute Gasteiger partial charge is 0.257 e. The second kappa shape index (κ2) is 8.88. The van der Waals surface area contributed by atoms with Crippen LogP contribution in [-0.2, 0) is 4.74 Å². The highest BCUT2D eigenvalue weighted by Gasteiger charge is 2.29. The average Bonchev–Trinajstić information content (AvgIpc) is 2.66. The predicted octanol–water partition coefficient (Wildman–Crippen LogP) is 3.07. The number of methoxy groups -OCH3 is 1. The van der Waals surface area contributed by atoms with Gasteiger partial charge in [-0.05, 0) is 43.9 Å². The number of amides is 1. The van der Waals surface area contributed by atoms with Crippen LogP contribution >= 0.6 is 11.6 Å². The lowest BCUT2D eigenvalue weighted by Gasteiger charge is -2.37. The van der Waals surface area contributed by atoms with Crippen LogP contribution in [0.15, 0.2) is 18.2 Å². The zero-order chi connectivity index (χ0) is 17.6. The van der Waals surface area contributed by atoms with Crippen LogP contribution in [0.4, 0.5) is 0 Å². The van der Waals surface area contributed by atoms with Crippen LogP contribution in [-0.4, -0.2) is 68.3 Å². The van der Waals surface area contributed by atoms with Gasteiger partial charge < -0.3 is 14.4 Å². The molecule has 0 unspecified atom stereocenters. The number of ether oxygens (including phenoxy) is 2. The molecule has 0 N–H and O–H groups in total. The first kappa shape index (κ1) is 18.5. The molecule has 6 heteroatoms. The fourth-order valence-electron chi connectivity index (χ4n) is 3.72.